The van der Waals surface area contributed by atoms with Gasteiger partial charge in [0.15, 0.2) is 0 Å². The SMILES string of the molecule is CC(=O)OC1CN(C)CC1Cc1cc(C)cc(N(Cc2ccccc2)C(=O)OC(C)(C)C)n1. The predicted molar refractivity (Wildman–Crippen MR) is 128 cm³/mol. The molecule has 1 aromatic heterocycles. The first-order valence-electron chi connectivity index (χ1n) is 11.4. The Bertz CT molecular complexity index is 971. The normalized spacial score (nSPS) is 18.7. The molecule has 2 aromatic rings. The maximum Gasteiger partial charge on any atom is 0.416 e. The minimum absolute atomic E-state index is 0.144. The third kappa shape index (κ3) is 7.29. The van der Waals surface area contributed by atoms with Crippen LogP contribution in [0.1, 0.15) is 44.5 Å². The van der Waals surface area contributed by atoms with E-state index in [9.17, 15) is 9.59 Å². The molecule has 1 aromatic carbocycles. The zero-order valence-corrected chi connectivity index (χ0v) is 20.5. The number of rotatable bonds is 6. The molecule has 2 atom stereocenters. The van der Waals surface area contributed by atoms with Gasteiger partial charge in [-0.1, -0.05) is 30.3 Å². The summed E-state index contributed by atoms with van der Waals surface area (Å²) in [5.41, 5.74) is 2.24. The first-order chi connectivity index (χ1) is 15.5. The number of ether oxygens (including phenoxy) is 2. The lowest BCUT2D eigenvalue weighted by molar-refractivity contribution is -0.147. The molecule has 0 spiro atoms. The van der Waals surface area contributed by atoms with Crippen LogP contribution in [0.2, 0.25) is 0 Å². The van der Waals surface area contributed by atoms with Crippen molar-refractivity contribution in [1.82, 2.24) is 9.88 Å². The number of likely N-dealkylation sites (tertiary alicyclic amines) is 1. The number of benzene rings is 1. The molecule has 2 heterocycles. The van der Waals surface area contributed by atoms with Crippen molar-refractivity contribution in [3.8, 4) is 0 Å². The smallest absolute Gasteiger partial charge is 0.416 e. The Morgan fingerprint density at radius 2 is 1.85 bits per heavy atom. The minimum Gasteiger partial charge on any atom is -0.461 e. The lowest BCUT2D eigenvalue weighted by Gasteiger charge is -2.27. The van der Waals surface area contributed by atoms with E-state index in [1.54, 1.807) is 4.90 Å². The molecular weight excluding hydrogens is 418 g/mol. The van der Waals surface area contributed by atoms with E-state index < -0.39 is 11.7 Å². The molecule has 0 N–H and O–H groups in total. The summed E-state index contributed by atoms with van der Waals surface area (Å²) < 4.78 is 11.3. The van der Waals surface area contributed by atoms with Gasteiger partial charge in [0.1, 0.15) is 17.5 Å². The van der Waals surface area contributed by atoms with Gasteiger partial charge in [-0.15, -0.1) is 0 Å². The summed E-state index contributed by atoms with van der Waals surface area (Å²) in [6.45, 7) is 10.9. The maximum atomic E-state index is 13.1. The van der Waals surface area contributed by atoms with Crippen LogP contribution in [0.3, 0.4) is 0 Å². The third-order valence-corrected chi connectivity index (χ3v) is 5.44. The van der Waals surface area contributed by atoms with Gasteiger partial charge in [-0.3, -0.25) is 9.69 Å². The van der Waals surface area contributed by atoms with Crippen LogP contribution in [-0.4, -0.2) is 53.8 Å². The van der Waals surface area contributed by atoms with E-state index in [0.29, 0.717) is 25.3 Å². The van der Waals surface area contributed by atoms with Crippen molar-refractivity contribution in [2.45, 2.75) is 59.3 Å². The van der Waals surface area contributed by atoms with Gasteiger partial charge >= 0.3 is 12.1 Å². The van der Waals surface area contributed by atoms with Gasteiger partial charge in [-0.2, -0.15) is 0 Å². The van der Waals surface area contributed by atoms with E-state index in [1.165, 1.54) is 6.92 Å². The number of aromatic nitrogens is 1. The lowest BCUT2D eigenvalue weighted by atomic mass is 9.98. The number of carbonyl (C=O) groups excluding carboxylic acids is 2. The van der Waals surface area contributed by atoms with Crippen molar-refractivity contribution < 1.29 is 19.1 Å². The van der Waals surface area contributed by atoms with Crippen molar-refractivity contribution >= 4 is 17.9 Å². The Labute approximate surface area is 196 Å². The molecule has 1 aliphatic heterocycles. The molecule has 3 rings (SSSR count). The van der Waals surface area contributed by atoms with Crippen molar-refractivity contribution in [3.05, 3.63) is 59.3 Å². The summed E-state index contributed by atoms with van der Waals surface area (Å²) >= 11 is 0. The Kier molecular flexibility index (Phi) is 7.74. The van der Waals surface area contributed by atoms with Gasteiger partial charge in [0, 0.05) is 31.6 Å². The number of anilines is 1. The lowest BCUT2D eigenvalue weighted by Crippen LogP contribution is -2.37. The quantitative estimate of drug-likeness (QED) is 0.605. The van der Waals surface area contributed by atoms with Gasteiger partial charge < -0.3 is 14.4 Å². The number of amides is 1. The van der Waals surface area contributed by atoms with E-state index >= 15 is 0 Å². The molecule has 0 bridgehead atoms. The van der Waals surface area contributed by atoms with E-state index in [-0.39, 0.29) is 18.0 Å². The number of carbonyl (C=O) groups is 2. The predicted octanol–water partition coefficient (Wildman–Crippen LogP) is 4.37. The van der Waals surface area contributed by atoms with E-state index in [1.807, 2.05) is 77.2 Å². The Morgan fingerprint density at radius 1 is 1.15 bits per heavy atom. The minimum atomic E-state index is -0.621. The zero-order valence-electron chi connectivity index (χ0n) is 20.5. The highest BCUT2D eigenvalue weighted by Gasteiger charge is 2.34. The van der Waals surface area contributed by atoms with Crippen molar-refractivity contribution in [2.75, 3.05) is 25.0 Å². The van der Waals surface area contributed by atoms with Crippen molar-refractivity contribution in [1.29, 1.82) is 0 Å². The number of hydrogen-bond acceptors (Lipinski definition) is 6. The summed E-state index contributed by atoms with van der Waals surface area (Å²) in [6, 6.07) is 13.7. The zero-order chi connectivity index (χ0) is 24.2. The largest absolute Gasteiger partial charge is 0.461 e. The Balaban J connectivity index is 1.89. The molecule has 7 nitrogen and oxygen atoms in total. The van der Waals surface area contributed by atoms with Crippen LogP contribution in [0, 0.1) is 12.8 Å². The highest BCUT2D eigenvalue weighted by Crippen LogP contribution is 2.26. The second-order valence-corrected chi connectivity index (χ2v) is 9.88. The molecule has 2 unspecified atom stereocenters. The first kappa shape index (κ1) is 24.7. The number of aryl methyl sites for hydroxylation is 1. The second kappa shape index (κ2) is 10.3. The fourth-order valence-corrected chi connectivity index (χ4v) is 4.14. The van der Waals surface area contributed by atoms with Gasteiger partial charge in [0.05, 0.1) is 6.54 Å². The summed E-state index contributed by atoms with van der Waals surface area (Å²) in [7, 11) is 2.02. The number of pyridine rings is 1. The van der Waals surface area contributed by atoms with E-state index in [0.717, 1.165) is 23.4 Å². The molecule has 33 heavy (non-hydrogen) atoms. The Hall–Kier alpha value is -2.93. The maximum absolute atomic E-state index is 13.1. The van der Waals surface area contributed by atoms with Gasteiger partial charge in [-0.25, -0.2) is 9.78 Å². The van der Waals surface area contributed by atoms with Gasteiger partial charge in [0.2, 0.25) is 0 Å². The Morgan fingerprint density at radius 3 is 2.48 bits per heavy atom. The second-order valence-electron chi connectivity index (χ2n) is 9.88. The standard InChI is InChI=1S/C26H35N3O4/c1-18-12-22(14-21-16-28(6)17-23(21)32-19(2)30)27-24(13-18)29(25(31)33-26(3,4)5)15-20-10-8-7-9-11-20/h7-13,21,23H,14-17H2,1-6H3. The monoisotopic (exact) mass is 453 g/mol. The average molecular weight is 454 g/mol. The van der Waals surface area contributed by atoms with Crippen LogP contribution in [0.15, 0.2) is 42.5 Å². The highest BCUT2D eigenvalue weighted by molar-refractivity contribution is 5.86. The number of esters is 1. The topological polar surface area (TPSA) is 72.0 Å². The van der Waals surface area contributed by atoms with Gasteiger partial charge in [-0.05, 0) is 64.4 Å². The molecule has 1 amide bonds. The number of likely N-dealkylation sites (N-methyl/N-ethyl adjacent to an activating group) is 1. The fourth-order valence-electron chi connectivity index (χ4n) is 4.14. The molecule has 178 valence electrons. The van der Waals surface area contributed by atoms with Gasteiger partial charge in [0.25, 0.3) is 0 Å². The molecule has 0 aliphatic carbocycles. The van der Waals surface area contributed by atoms with E-state index in [2.05, 4.69) is 4.90 Å². The van der Waals surface area contributed by atoms with Crippen LogP contribution in [0.5, 0.6) is 0 Å². The number of hydrogen-bond donors (Lipinski definition) is 0. The van der Waals surface area contributed by atoms with E-state index in [4.69, 9.17) is 14.5 Å². The average Bonchev–Trinajstić information content (AvgIpc) is 3.02. The molecule has 1 fully saturated rings. The van der Waals surface area contributed by atoms with Crippen LogP contribution >= 0.6 is 0 Å². The van der Waals surface area contributed by atoms with Crippen LogP contribution in [-0.2, 0) is 27.2 Å². The molecule has 1 saturated heterocycles. The number of nitrogens with zero attached hydrogens (tertiary/aromatic N) is 3. The third-order valence-electron chi connectivity index (χ3n) is 5.44. The molecule has 7 heteroatoms. The summed E-state index contributed by atoms with van der Waals surface area (Å²) in [6.07, 6.45) is 0.0584. The highest BCUT2D eigenvalue weighted by atomic mass is 16.6. The molecular formula is C26H35N3O4. The first-order valence-corrected chi connectivity index (χ1v) is 11.4. The van der Waals surface area contributed by atoms with Crippen molar-refractivity contribution in [3.63, 3.8) is 0 Å². The molecule has 0 saturated carbocycles. The van der Waals surface area contributed by atoms with Crippen LogP contribution in [0.4, 0.5) is 10.6 Å². The molecule has 1 aliphatic rings. The summed E-state index contributed by atoms with van der Waals surface area (Å²) in [5, 5.41) is 0. The van der Waals surface area contributed by atoms with Crippen LogP contribution < -0.4 is 4.90 Å². The summed E-state index contributed by atoms with van der Waals surface area (Å²) in [4.78, 5) is 33.3. The van der Waals surface area contributed by atoms with Crippen molar-refractivity contribution in [2.24, 2.45) is 5.92 Å². The fraction of sp³-hybridized carbons (Fsp3) is 0.500. The summed E-state index contributed by atoms with van der Waals surface area (Å²) in [5.74, 6) is 0.431. The molecule has 0 radical (unpaired) electrons. The van der Waals surface area contributed by atoms with Crippen LogP contribution in [0.25, 0.3) is 0 Å².